The molecule has 0 aliphatic heterocycles. The Morgan fingerprint density at radius 3 is 2.57 bits per heavy atom. The highest BCUT2D eigenvalue weighted by Gasteiger charge is 2.16. The second-order valence-electron chi connectivity index (χ2n) is 5.13. The Morgan fingerprint density at radius 2 is 1.96 bits per heavy atom. The predicted octanol–water partition coefficient (Wildman–Crippen LogP) is 2.49. The van der Waals surface area contributed by atoms with Crippen molar-refractivity contribution in [3.63, 3.8) is 0 Å². The molecule has 124 valence electrons. The Balaban J connectivity index is 1.87. The Morgan fingerprint density at radius 1 is 1.26 bits per heavy atom. The van der Waals surface area contributed by atoms with Gasteiger partial charge in [0.25, 0.3) is 0 Å². The average Bonchev–Trinajstić information content (AvgIpc) is 2.92. The minimum atomic E-state index is -3.42. The van der Waals surface area contributed by atoms with Crippen molar-refractivity contribution < 1.29 is 13.2 Å². The van der Waals surface area contributed by atoms with E-state index in [0.717, 1.165) is 22.0 Å². The molecule has 0 unspecified atom stereocenters. The minimum absolute atomic E-state index is 0.0459. The summed E-state index contributed by atoms with van der Waals surface area (Å²) in [5.74, 6) is -0.458. The third kappa shape index (κ3) is 4.87. The molecule has 0 aliphatic carbocycles. The van der Waals surface area contributed by atoms with E-state index >= 15 is 0 Å². The summed E-state index contributed by atoms with van der Waals surface area (Å²) in [4.78, 5) is 17.6. The molecular formula is C16H20N2O3S2. The van der Waals surface area contributed by atoms with Gasteiger partial charge in [0, 0.05) is 11.3 Å². The van der Waals surface area contributed by atoms with E-state index in [1.54, 1.807) is 41.7 Å². The van der Waals surface area contributed by atoms with Crippen molar-refractivity contribution in [2.45, 2.75) is 38.1 Å². The first kappa shape index (κ1) is 17.6. The maximum atomic E-state index is 12.1. The molecule has 5 nitrogen and oxygen atoms in total. The highest BCUT2D eigenvalue weighted by Crippen LogP contribution is 2.18. The summed E-state index contributed by atoms with van der Waals surface area (Å²) in [6, 6.07) is 8.18. The van der Waals surface area contributed by atoms with Crippen molar-refractivity contribution >= 4 is 27.1 Å². The zero-order valence-electron chi connectivity index (χ0n) is 13.2. The van der Waals surface area contributed by atoms with E-state index in [2.05, 4.69) is 10.3 Å². The normalized spacial score (nSPS) is 11.4. The van der Waals surface area contributed by atoms with Gasteiger partial charge in [0.15, 0.2) is 9.84 Å². The third-order valence-corrected chi connectivity index (χ3v) is 6.42. The molecule has 1 aromatic heterocycles. The largest absolute Gasteiger partial charge is 0.351 e. The van der Waals surface area contributed by atoms with Gasteiger partial charge in [-0.05, 0) is 25.5 Å². The van der Waals surface area contributed by atoms with Gasteiger partial charge in [0.05, 0.1) is 27.9 Å². The van der Waals surface area contributed by atoms with Crippen molar-refractivity contribution in [1.82, 2.24) is 10.3 Å². The number of sulfone groups is 1. The maximum Gasteiger partial charge on any atom is 0.221 e. The first-order valence-corrected chi connectivity index (χ1v) is 9.89. The molecule has 0 aliphatic rings. The number of carbonyl (C=O) groups excluding carboxylic acids is 1. The molecule has 0 saturated heterocycles. The van der Waals surface area contributed by atoms with E-state index in [1.807, 2.05) is 13.8 Å². The maximum absolute atomic E-state index is 12.1. The Bertz CT molecular complexity index is 768. The van der Waals surface area contributed by atoms with Crippen LogP contribution in [0.2, 0.25) is 0 Å². The molecule has 0 fully saturated rings. The number of aryl methyl sites for hydroxylation is 2. The Kier molecular flexibility index (Phi) is 5.90. The van der Waals surface area contributed by atoms with Crippen molar-refractivity contribution in [3.05, 3.63) is 45.9 Å². The molecule has 1 N–H and O–H groups in total. The quantitative estimate of drug-likeness (QED) is 0.831. The predicted molar refractivity (Wildman–Crippen MR) is 91.2 cm³/mol. The van der Waals surface area contributed by atoms with Gasteiger partial charge in [-0.1, -0.05) is 25.1 Å². The number of hydrogen-bond donors (Lipinski definition) is 1. The number of carbonyl (C=O) groups is 1. The summed E-state index contributed by atoms with van der Waals surface area (Å²) in [5, 5.41) is 3.81. The van der Waals surface area contributed by atoms with Crippen LogP contribution in [-0.2, 0) is 27.6 Å². The number of hydrogen-bond acceptors (Lipinski definition) is 5. The van der Waals surface area contributed by atoms with Crippen molar-refractivity contribution in [1.29, 1.82) is 0 Å². The molecule has 1 aromatic carbocycles. The second kappa shape index (κ2) is 7.70. The average molecular weight is 352 g/mol. The third-order valence-electron chi connectivity index (χ3n) is 3.39. The lowest BCUT2D eigenvalue weighted by molar-refractivity contribution is -0.120. The van der Waals surface area contributed by atoms with Crippen LogP contribution in [0, 0.1) is 6.92 Å². The molecular weight excluding hydrogens is 332 g/mol. The summed E-state index contributed by atoms with van der Waals surface area (Å²) in [6.45, 7) is 4.35. The Labute approximate surface area is 140 Å². The lowest BCUT2D eigenvalue weighted by Crippen LogP contribution is -2.25. The van der Waals surface area contributed by atoms with Gasteiger partial charge in [-0.15, -0.1) is 11.3 Å². The lowest BCUT2D eigenvalue weighted by Gasteiger charge is -2.06. The zero-order valence-corrected chi connectivity index (χ0v) is 14.8. The first-order chi connectivity index (χ1) is 10.9. The van der Waals surface area contributed by atoms with E-state index in [-0.39, 0.29) is 23.0 Å². The molecule has 7 heteroatoms. The van der Waals surface area contributed by atoms with Crippen LogP contribution in [-0.4, -0.2) is 25.1 Å². The van der Waals surface area contributed by atoms with Gasteiger partial charge < -0.3 is 5.32 Å². The Hall–Kier alpha value is -1.73. The number of aromatic nitrogens is 1. The summed E-state index contributed by atoms with van der Waals surface area (Å²) < 4.78 is 24.2. The lowest BCUT2D eigenvalue weighted by atomic mass is 10.3. The molecule has 2 aromatic rings. The summed E-state index contributed by atoms with van der Waals surface area (Å²) in [5.41, 5.74) is 0.920. The standard InChI is InChI=1S/C16H20N2O3S2/c1-3-16-18-12(2)14(22-16)11-17-15(19)9-10-23(20,21)13-7-5-4-6-8-13/h4-8H,3,9-11H2,1-2H3,(H,17,19). The second-order valence-corrected chi connectivity index (χ2v) is 8.41. The highest BCUT2D eigenvalue weighted by atomic mass is 32.2. The first-order valence-electron chi connectivity index (χ1n) is 7.42. The molecule has 0 atom stereocenters. The van der Waals surface area contributed by atoms with Gasteiger partial charge in [-0.25, -0.2) is 13.4 Å². The van der Waals surface area contributed by atoms with Crippen molar-refractivity contribution in [2.24, 2.45) is 0 Å². The summed E-state index contributed by atoms with van der Waals surface area (Å²) in [6.07, 6.45) is 0.824. The molecule has 0 saturated carbocycles. The van der Waals surface area contributed by atoms with Crippen LogP contribution in [0.15, 0.2) is 35.2 Å². The number of nitrogens with one attached hydrogen (secondary N) is 1. The van der Waals surface area contributed by atoms with Crippen LogP contribution < -0.4 is 5.32 Å². The van der Waals surface area contributed by atoms with Crippen LogP contribution in [0.4, 0.5) is 0 Å². The van der Waals surface area contributed by atoms with E-state index in [0.29, 0.717) is 6.54 Å². The van der Waals surface area contributed by atoms with Crippen LogP contribution in [0.1, 0.15) is 28.9 Å². The fourth-order valence-corrected chi connectivity index (χ4v) is 4.25. The van der Waals surface area contributed by atoms with Gasteiger partial charge in [-0.3, -0.25) is 4.79 Å². The van der Waals surface area contributed by atoms with Gasteiger partial charge in [-0.2, -0.15) is 0 Å². The van der Waals surface area contributed by atoms with Gasteiger partial charge in [0.1, 0.15) is 0 Å². The van der Waals surface area contributed by atoms with Gasteiger partial charge in [0.2, 0.25) is 5.91 Å². The van der Waals surface area contributed by atoms with Crippen LogP contribution >= 0.6 is 11.3 Å². The highest BCUT2D eigenvalue weighted by molar-refractivity contribution is 7.91. The number of thiazole rings is 1. The molecule has 2 rings (SSSR count). The van der Waals surface area contributed by atoms with E-state index in [9.17, 15) is 13.2 Å². The molecule has 23 heavy (non-hydrogen) atoms. The number of rotatable bonds is 7. The SMILES string of the molecule is CCc1nc(C)c(CNC(=O)CCS(=O)(=O)c2ccccc2)s1. The topological polar surface area (TPSA) is 76.1 Å². The minimum Gasteiger partial charge on any atom is -0.351 e. The van der Waals surface area contributed by atoms with E-state index in [4.69, 9.17) is 0 Å². The van der Waals surface area contributed by atoms with Crippen molar-refractivity contribution in [3.8, 4) is 0 Å². The zero-order chi connectivity index (χ0) is 16.9. The molecule has 0 bridgehead atoms. The smallest absolute Gasteiger partial charge is 0.221 e. The fourth-order valence-electron chi connectivity index (χ4n) is 2.04. The fraction of sp³-hybridized carbons (Fsp3) is 0.375. The summed E-state index contributed by atoms with van der Waals surface area (Å²) in [7, 11) is -3.42. The number of nitrogens with zero attached hydrogens (tertiary/aromatic N) is 1. The number of amides is 1. The van der Waals surface area contributed by atoms with Crippen LogP contribution in [0.25, 0.3) is 0 Å². The van der Waals surface area contributed by atoms with Crippen LogP contribution in [0.3, 0.4) is 0 Å². The molecule has 1 amide bonds. The van der Waals surface area contributed by atoms with Gasteiger partial charge >= 0.3 is 0 Å². The van der Waals surface area contributed by atoms with Crippen LogP contribution in [0.5, 0.6) is 0 Å². The van der Waals surface area contributed by atoms with Crippen molar-refractivity contribution in [2.75, 3.05) is 5.75 Å². The summed E-state index contributed by atoms with van der Waals surface area (Å²) >= 11 is 1.58. The molecule has 0 radical (unpaired) electrons. The molecule has 1 heterocycles. The van der Waals surface area contributed by atoms with E-state index in [1.165, 1.54) is 0 Å². The number of benzene rings is 1. The molecule has 0 spiro atoms. The monoisotopic (exact) mass is 352 g/mol. The van der Waals surface area contributed by atoms with E-state index < -0.39 is 9.84 Å².